The molecule has 0 atom stereocenters. The van der Waals surface area contributed by atoms with Gasteiger partial charge >= 0.3 is 0 Å². The molecule has 1 aromatic heterocycles. The molecule has 7 heteroatoms. The number of rotatable bonds is 5. The maximum absolute atomic E-state index is 13.4. The summed E-state index contributed by atoms with van der Waals surface area (Å²) < 4.78 is 25.9. The molecule has 4 rings (SSSR count). The highest BCUT2D eigenvalue weighted by Gasteiger charge is 2.25. The number of ether oxygens (including phenoxy) is 2. The second-order valence-corrected chi connectivity index (χ2v) is 7.70. The number of hydrogen-bond donors (Lipinski definition) is 1. The van der Waals surface area contributed by atoms with Gasteiger partial charge in [0.05, 0.1) is 19.9 Å². The summed E-state index contributed by atoms with van der Waals surface area (Å²) in [5, 5.41) is 7.65. The van der Waals surface area contributed by atoms with Crippen molar-refractivity contribution in [2.45, 2.75) is 39.0 Å². The van der Waals surface area contributed by atoms with Crippen molar-refractivity contribution < 1.29 is 18.7 Å². The highest BCUT2D eigenvalue weighted by atomic mass is 19.1. The molecule has 31 heavy (non-hydrogen) atoms. The molecule has 1 amide bonds. The van der Waals surface area contributed by atoms with Crippen molar-refractivity contribution in [3.8, 4) is 17.2 Å². The van der Waals surface area contributed by atoms with Gasteiger partial charge in [0.1, 0.15) is 5.82 Å². The monoisotopic (exact) mass is 423 g/mol. The number of nitrogens with zero attached hydrogens (tertiary/aromatic N) is 2. The van der Waals surface area contributed by atoms with E-state index < -0.39 is 0 Å². The molecular weight excluding hydrogens is 397 g/mol. The van der Waals surface area contributed by atoms with Crippen molar-refractivity contribution in [2.75, 3.05) is 19.5 Å². The number of methoxy groups -OCH3 is 2. The van der Waals surface area contributed by atoms with Gasteiger partial charge in [0.15, 0.2) is 17.2 Å². The Balaban J connectivity index is 1.72. The van der Waals surface area contributed by atoms with Crippen molar-refractivity contribution in [3.05, 3.63) is 64.7 Å². The van der Waals surface area contributed by atoms with E-state index in [2.05, 4.69) is 10.4 Å². The van der Waals surface area contributed by atoms with Gasteiger partial charge in [0.25, 0.3) is 5.91 Å². The number of anilines is 1. The number of nitrogens with one attached hydrogen (secondary N) is 1. The van der Waals surface area contributed by atoms with E-state index in [9.17, 15) is 9.18 Å². The molecular formula is C24H26FN3O3. The lowest BCUT2D eigenvalue weighted by Gasteiger charge is -2.13. The molecule has 3 aromatic rings. The second-order valence-electron chi connectivity index (χ2n) is 7.70. The number of aromatic nitrogens is 2. The van der Waals surface area contributed by atoms with Gasteiger partial charge < -0.3 is 14.8 Å². The van der Waals surface area contributed by atoms with E-state index in [0.29, 0.717) is 22.9 Å². The van der Waals surface area contributed by atoms with Crippen LogP contribution in [0.3, 0.4) is 0 Å². The first-order chi connectivity index (χ1) is 15.0. The van der Waals surface area contributed by atoms with Crippen molar-refractivity contribution >= 4 is 11.6 Å². The van der Waals surface area contributed by atoms with Crippen molar-refractivity contribution in [1.82, 2.24) is 9.78 Å². The Hall–Kier alpha value is -3.35. The fourth-order valence-corrected chi connectivity index (χ4v) is 4.05. The summed E-state index contributed by atoms with van der Waals surface area (Å²) in [7, 11) is 3.13. The summed E-state index contributed by atoms with van der Waals surface area (Å²) in [4.78, 5) is 13.3. The van der Waals surface area contributed by atoms with Crippen LogP contribution in [0.5, 0.6) is 11.5 Å². The summed E-state index contributed by atoms with van der Waals surface area (Å²) in [6.07, 6.45) is 4.79. The quantitative estimate of drug-likeness (QED) is 0.596. The predicted octanol–water partition coefficient (Wildman–Crippen LogP) is 4.86. The molecule has 162 valence electrons. The number of aryl methyl sites for hydroxylation is 1. The summed E-state index contributed by atoms with van der Waals surface area (Å²) in [6.45, 7) is 1.90. The molecule has 0 aliphatic heterocycles. The van der Waals surface area contributed by atoms with Crippen LogP contribution in [-0.4, -0.2) is 29.9 Å². The van der Waals surface area contributed by atoms with E-state index in [1.54, 1.807) is 37.1 Å². The Morgan fingerprint density at radius 2 is 1.71 bits per heavy atom. The summed E-state index contributed by atoms with van der Waals surface area (Å²) in [5.74, 6) is 0.574. The van der Waals surface area contributed by atoms with Crippen molar-refractivity contribution in [3.63, 3.8) is 0 Å². The van der Waals surface area contributed by atoms with E-state index in [1.165, 1.54) is 12.1 Å². The maximum Gasteiger partial charge on any atom is 0.276 e. The Bertz CT molecular complexity index is 1110. The molecule has 1 aliphatic rings. The number of halogens is 1. The van der Waals surface area contributed by atoms with Gasteiger partial charge in [-0.3, -0.25) is 4.79 Å². The van der Waals surface area contributed by atoms with E-state index in [0.717, 1.165) is 54.6 Å². The largest absolute Gasteiger partial charge is 0.493 e. The zero-order valence-electron chi connectivity index (χ0n) is 18.0. The Kier molecular flexibility index (Phi) is 5.93. The topological polar surface area (TPSA) is 65.4 Å². The van der Waals surface area contributed by atoms with Gasteiger partial charge in [0, 0.05) is 23.0 Å². The lowest BCUT2D eigenvalue weighted by molar-refractivity contribution is 0.102. The van der Waals surface area contributed by atoms with Crippen LogP contribution < -0.4 is 14.8 Å². The fraction of sp³-hybridized carbons (Fsp3) is 0.333. The molecule has 0 spiro atoms. The third-order valence-electron chi connectivity index (χ3n) is 5.70. The van der Waals surface area contributed by atoms with Crippen LogP contribution in [0.15, 0.2) is 36.4 Å². The first-order valence-corrected chi connectivity index (χ1v) is 10.4. The van der Waals surface area contributed by atoms with Crippen LogP contribution >= 0.6 is 0 Å². The molecule has 1 N–H and O–H groups in total. The van der Waals surface area contributed by atoms with Gasteiger partial charge in [-0.25, -0.2) is 9.07 Å². The molecule has 1 heterocycles. The predicted molar refractivity (Wildman–Crippen MR) is 117 cm³/mol. The standard InChI is InChI=1S/C24H26FN3O3/c1-15-13-21(30-2)22(31-3)14-19(15)26-24(29)23-18-7-5-4-6-8-20(18)28(27-23)17-11-9-16(25)10-12-17/h9-14H,4-8H2,1-3H3,(H,26,29). The van der Waals surface area contributed by atoms with Gasteiger partial charge in [-0.2, -0.15) is 5.10 Å². The number of benzene rings is 2. The Labute approximate surface area is 181 Å². The first kappa shape index (κ1) is 20.9. The van der Waals surface area contributed by atoms with Crippen molar-refractivity contribution in [1.29, 1.82) is 0 Å². The third-order valence-corrected chi connectivity index (χ3v) is 5.70. The van der Waals surface area contributed by atoms with Crippen LogP contribution in [0.2, 0.25) is 0 Å². The van der Waals surface area contributed by atoms with Gasteiger partial charge in [-0.15, -0.1) is 0 Å². The average Bonchev–Trinajstić information content (AvgIpc) is 2.96. The van der Waals surface area contributed by atoms with E-state index >= 15 is 0 Å². The zero-order chi connectivity index (χ0) is 22.0. The van der Waals surface area contributed by atoms with Gasteiger partial charge in [-0.1, -0.05) is 6.42 Å². The second kappa shape index (κ2) is 8.79. The Morgan fingerprint density at radius 3 is 2.42 bits per heavy atom. The number of carbonyl (C=O) groups is 1. The molecule has 2 aromatic carbocycles. The SMILES string of the molecule is COc1cc(C)c(NC(=O)c2nn(-c3ccc(F)cc3)c3c2CCCCC3)cc1OC. The number of fused-ring (bicyclic) bond motifs is 1. The number of amides is 1. The van der Waals surface area contributed by atoms with Gasteiger partial charge in [0.2, 0.25) is 0 Å². The van der Waals surface area contributed by atoms with Crippen LogP contribution in [0.25, 0.3) is 5.69 Å². The minimum Gasteiger partial charge on any atom is -0.493 e. The lowest BCUT2D eigenvalue weighted by Crippen LogP contribution is -2.16. The molecule has 0 unspecified atom stereocenters. The summed E-state index contributed by atoms with van der Waals surface area (Å²) >= 11 is 0. The highest BCUT2D eigenvalue weighted by Crippen LogP contribution is 2.33. The molecule has 0 fully saturated rings. The molecule has 0 saturated heterocycles. The van der Waals surface area contributed by atoms with E-state index in [1.807, 2.05) is 13.0 Å². The minimum absolute atomic E-state index is 0.269. The first-order valence-electron chi connectivity index (χ1n) is 10.4. The van der Waals surface area contributed by atoms with Crippen molar-refractivity contribution in [2.24, 2.45) is 0 Å². The molecule has 0 radical (unpaired) electrons. The maximum atomic E-state index is 13.4. The van der Waals surface area contributed by atoms with Crippen LogP contribution in [0.4, 0.5) is 10.1 Å². The normalized spacial score (nSPS) is 13.3. The van der Waals surface area contributed by atoms with E-state index in [-0.39, 0.29) is 11.7 Å². The third kappa shape index (κ3) is 4.13. The molecule has 0 saturated carbocycles. The van der Waals surface area contributed by atoms with Gasteiger partial charge in [-0.05, 0) is 68.5 Å². The smallest absolute Gasteiger partial charge is 0.276 e. The highest BCUT2D eigenvalue weighted by molar-refractivity contribution is 6.04. The van der Waals surface area contributed by atoms with E-state index in [4.69, 9.17) is 9.47 Å². The molecule has 0 bridgehead atoms. The van der Waals surface area contributed by atoms with Crippen LogP contribution in [-0.2, 0) is 12.8 Å². The summed E-state index contributed by atoms with van der Waals surface area (Å²) in [5.41, 5.74) is 4.66. The average molecular weight is 423 g/mol. The molecule has 6 nitrogen and oxygen atoms in total. The Morgan fingerprint density at radius 1 is 1.03 bits per heavy atom. The number of carbonyl (C=O) groups excluding carboxylic acids is 1. The van der Waals surface area contributed by atoms with Crippen LogP contribution in [0, 0.1) is 12.7 Å². The molecule has 1 aliphatic carbocycles. The summed E-state index contributed by atoms with van der Waals surface area (Å²) in [6, 6.07) is 9.77. The minimum atomic E-state index is -0.302. The number of hydrogen-bond acceptors (Lipinski definition) is 4. The zero-order valence-corrected chi connectivity index (χ0v) is 18.0. The lowest BCUT2D eigenvalue weighted by atomic mass is 10.1. The fourth-order valence-electron chi connectivity index (χ4n) is 4.05. The van der Waals surface area contributed by atoms with Crippen LogP contribution in [0.1, 0.15) is 46.6 Å².